The number of nitrogens with zero attached hydrogens (tertiary/aromatic N) is 1. The molecule has 0 aliphatic heterocycles. The fourth-order valence-electron chi connectivity index (χ4n) is 0.758. The predicted octanol–water partition coefficient (Wildman–Crippen LogP) is -2.15. The van der Waals surface area contributed by atoms with Gasteiger partial charge in [0.1, 0.15) is 4.90 Å². The van der Waals surface area contributed by atoms with Crippen molar-refractivity contribution in [3.63, 3.8) is 0 Å². The van der Waals surface area contributed by atoms with Gasteiger partial charge in [0.15, 0.2) is 0 Å². The predicted molar refractivity (Wildman–Crippen MR) is 42.9 cm³/mol. The first-order valence-electron chi connectivity index (χ1n) is 3.13. The van der Waals surface area contributed by atoms with E-state index in [4.69, 9.17) is 4.55 Å². The second kappa shape index (κ2) is 5.31. The Morgan fingerprint density at radius 1 is 1.36 bits per heavy atom. The second-order valence-corrected chi connectivity index (χ2v) is 3.65. The van der Waals surface area contributed by atoms with Crippen LogP contribution in [0.15, 0.2) is 29.2 Å². The van der Waals surface area contributed by atoms with Gasteiger partial charge in [0.05, 0.1) is 4.92 Å². The van der Waals surface area contributed by atoms with Crippen molar-refractivity contribution in [3.8, 4) is 0 Å². The van der Waals surface area contributed by atoms with Gasteiger partial charge in [-0.15, -0.1) is 0 Å². The third-order valence-corrected chi connectivity index (χ3v) is 2.18. The van der Waals surface area contributed by atoms with E-state index in [-0.39, 0.29) is 57.1 Å². The van der Waals surface area contributed by atoms with E-state index >= 15 is 0 Å². The van der Waals surface area contributed by atoms with Gasteiger partial charge < -0.3 is 0 Å². The summed E-state index contributed by atoms with van der Waals surface area (Å²) in [5, 5.41) is 10.2. The summed E-state index contributed by atoms with van der Waals surface area (Å²) < 4.78 is 29.6. The van der Waals surface area contributed by atoms with Crippen LogP contribution < -0.4 is 51.4 Å². The number of nitro benzene ring substituents is 1. The molecule has 6 nitrogen and oxygen atoms in total. The van der Waals surface area contributed by atoms with Crippen LogP contribution >= 0.6 is 0 Å². The molecule has 0 radical (unpaired) electrons. The zero-order valence-electron chi connectivity index (χ0n) is 7.25. The van der Waals surface area contributed by atoms with Gasteiger partial charge in [-0.05, 0) is 6.07 Å². The van der Waals surface area contributed by atoms with Crippen LogP contribution in [-0.4, -0.2) is 17.9 Å². The number of non-ortho nitro benzene ring substituents is 1. The minimum atomic E-state index is -4.36. The molecule has 8 heteroatoms. The SMILES string of the molecule is O=[N+]([O-])c1cccc(S(=O)(=O)O)c1.[K+]. The number of hydrogen-bond acceptors (Lipinski definition) is 4. The molecule has 0 fully saturated rings. The summed E-state index contributed by atoms with van der Waals surface area (Å²) in [4.78, 5) is 8.98. The van der Waals surface area contributed by atoms with Gasteiger partial charge in [-0.3, -0.25) is 14.7 Å². The Hall–Kier alpha value is 0.166. The van der Waals surface area contributed by atoms with Crippen molar-refractivity contribution in [2.45, 2.75) is 4.90 Å². The maximum atomic E-state index is 10.5. The standard InChI is InChI=1S/C6H5NO5S.K/c8-7(9)5-2-1-3-6(4-5)13(10,11)12;/h1-4H,(H,10,11,12);/q;+1. The molecule has 0 aliphatic rings. The summed E-state index contributed by atoms with van der Waals surface area (Å²) in [5.41, 5.74) is -0.380. The summed E-state index contributed by atoms with van der Waals surface area (Å²) in [7, 11) is -4.36. The van der Waals surface area contributed by atoms with Gasteiger partial charge in [-0.1, -0.05) is 6.07 Å². The van der Waals surface area contributed by atoms with Gasteiger partial charge in [0.25, 0.3) is 15.8 Å². The summed E-state index contributed by atoms with van der Waals surface area (Å²) in [6, 6.07) is 4.17. The summed E-state index contributed by atoms with van der Waals surface area (Å²) in [5.74, 6) is 0. The molecule has 14 heavy (non-hydrogen) atoms. The molecule has 70 valence electrons. The largest absolute Gasteiger partial charge is 1.00 e. The van der Waals surface area contributed by atoms with Crippen LogP contribution in [0.5, 0.6) is 0 Å². The number of nitro groups is 1. The van der Waals surface area contributed by atoms with Crippen LogP contribution in [0.3, 0.4) is 0 Å². The molecule has 1 N–H and O–H groups in total. The molecule has 0 saturated heterocycles. The second-order valence-electron chi connectivity index (χ2n) is 2.23. The van der Waals surface area contributed by atoms with Crippen molar-refractivity contribution >= 4 is 15.8 Å². The van der Waals surface area contributed by atoms with Crippen molar-refractivity contribution in [1.82, 2.24) is 0 Å². The molecule has 0 heterocycles. The van der Waals surface area contributed by atoms with Crippen molar-refractivity contribution in [2.75, 3.05) is 0 Å². The van der Waals surface area contributed by atoms with E-state index in [2.05, 4.69) is 0 Å². The molecule has 0 amide bonds. The zero-order valence-corrected chi connectivity index (χ0v) is 11.2. The molecular formula is C6H5KNO5S+. The first-order valence-corrected chi connectivity index (χ1v) is 4.57. The van der Waals surface area contributed by atoms with Crippen LogP contribution in [0, 0.1) is 10.1 Å². The van der Waals surface area contributed by atoms with Gasteiger partial charge in [-0.2, -0.15) is 8.42 Å². The third-order valence-electron chi connectivity index (χ3n) is 1.33. The van der Waals surface area contributed by atoms with E-state index < -0.39 is 19.9 Å². The molecule has 1 aromatic rings. The molecule has 1 rings (SSSR count). The summed E-state index contributed by atoms with van der Waals surface area (Å²) >= 11 is 0. The average molecular weight is 242 g/mol. The van der Waals surface area contributed by atoms with Crippen molar-refractivity contribution < 1.29 is 69.3 Å². The molecule has 0 aromatic heterocycles. The Bertz CT molecular complexity index is 443. The molecule has 0 bridgehead atoms. The molecule has 0 atom stereocenters. The summed E-state index contributed by atoms with van der Waals surface area (Å²) in [6.45, 7) is 0. The van der Waals surface area contributed by atoms with E-state index in [1.807, 2.05) is 0 Å². The summed E-state index contributed by atoms with van der Waals surface area (Å²) in [6.07, 6.45) is 0. The number of rotatable bonds is 2. The molecule has 1 aromatic carbocycles. The normalized spacial score (nSPS) is 10.4. The Balaban J connectivity index is 0.00000169. The van der Waals surface area contributed by atoms with Gasteiger partial charge in [-0.25, -0.2) is 0 Å². The van der Waals surface area contributed by atoms with Crippen molar-refractivity contribution in [1.29, 1.82) is 0 Å². The average Bonchev–Trinajstić information content (AvgIpc) is 2.03. The van der Waals surface area contributed by atoms with Crippen LogP contribution in [-0.2, 0) is 10.1 Å². The molecule has 0 aliphatic carbocycles. The van der Waals surface area contributed by atoms with E-state index in [0.717, 1.165) is 18.2 Å². The van der Waals surface area contributed by atoms with Crippen LogP contribution in [0.25, 0.3) is 0 Å². The maximum absolute atomic E-state index is 10.5. The van der Waals surface area contributed by atoms with E-state index in [1.165, 1.54) is 6.07 Å². The van der Waals surface area contributed by atoms with Crippen molar-refractivity contribution in [3.05, 3.63) is 34.4 Å². The first kappa shape index (κ1) is 14.2. The maximum Gasteiger partial charge on any atom is 1.00 e. The molecule has 0 unspecified atom stereocenters. The fourth-order valence-corrected chi connectivity index (χ4v) is 1.28. The zero-order chi connectivity index (χ0) is 10.1. The fraction of sp³-hybridized carbons (Fsp3) is 0. The van der Waals surface area contributed by atoms with Crippen LogP contribution in [0.4, 0.5) is 5.69 Å². The topological polar surface area (TPSA) is 97.5 Å². The monoisotopic (exact) mass is 242 g/mol. The van der Waals surface area contributed by atoms with E-state index in [1.54, 1.807) is 0 Å². The Kier molecular flexibility index (Phi) is 5.37. The minimum Gasteiger partial charge on any atom is -0.282 e. The van der Waals surface area contributed by atoms with Gasteiger partial charge >= 0.3 is 51.4 Å². The molecular weight excluding hydrogens is 237 g/mol. The Morgan fingerprint density at radius 3 is 2.36 bits per heavy atom. The van der Waals surface area contributed by atoms with E-state index in [0.29, 0.717) is 0 Å². The van der Waals surface area contributed by atoms with Gasteiger partial charge in [0, 0.05) is 12.1 Å². The molecule has 0 spiro atoms. The number of benzene rings is 1. The third kappa shape index (κ3) is 3.73. The molecule has 0 saturated carbocycles. The van der Waals surface area contributed by atoms with Gasteiger partial charge in [0.2, 0.25) is 0 Å². The van der Waals surface area contributed by atoms with Crippen LogP contribution in [0.2, 0.25) is 0 Å². The quantitative estimate of drug-likeness (QED) is 0.276. The van der Waals surface area contributed by atoms with Crippen molar-refractivity contribution in [2.24, 2.45) is 0 Å². The smallest absolute Gasteiger partial charge is 0.282 e. The Morgan fingerprint density at radius 2 is 1.93 bits per heavy atom. The Labute approximate surface area is 123 Å². The van der Waals surface area contributed by atoms with Crippen LogP contribution in [0.1, 0.15) is 0 Å². The van der Waals surface area contributed by atoms with E-state index in [9.17, 15) is 18.5 Å². The first-order chi connectivity index (χ1) is 5.91. The number of hydrogen-bond donors (Lipinski definition) is 1. The minimum absolute atomic E-state index is 0.